The molecule has 0 spiro atoms. The van der Waals surface area contributed by atoms with Crippen molar-refractivity contribution >= 4 is 6.09 Å². The van der Waals surface area contributed by atoms with Crippen LogP contribution in [0.3, 0.4) is 0 Å². The van der Waals surface area contributed by atoms with E-state index in [1.165, 1.54) is 4.57 Å². The number of ether oxygens (including phenoxy) is 2. The maximum atomic E-state index is 11.5. The van der Waals surface area contributed by atoms with Crippen molar-refractivity contribution in [2.75, 3.05) is 13.2 Å². The van der Waals surface area contributed by atoms with Crippen molar-refractivity contribution in [3.05, 3.63) is 60.4 Å². The fraction of sp³-hybridized carbons (Fsp3) is 0.267. The van der Waals surface area contributed by atoms with Gasteiger partial charge in [-0.3, -0.25) is 4.57 Å². The molecule has 4 nitrogen and oxygen atoms in total. The van der Waals surface area contributed by atoms with Crippen molar-refractivity contribution < 1.29 is 14.3 Å². The number of carbonyl (C=O) groups excluding carboxylic acids is 1. The molecule has 0 radical (unpaired) electrons. The molecule has 0 saturated heterocycles. The predicted molar refractivity (Wildman–Crippen MR) is 71.9 cm³/mol. The molecule has 0 aliphatic rings. The highest BCUT2D eigenvalue weighted by molar-refractivity contribution is 5.70. The fourth-order valence-corrected chi connectivity index (χ4v) is 1.62. The smallest absolute Gasteiger partial charge is 0.417 e. The summed E-state index contributed by atoms with van der Waals surface area (Å²) in [5.41, 5.74) is 1.15. The molecule has 2 aromatic rings. The summed E-state index contributed by atoms with van der Waals surface area (Å²) in [7, 11) is 0. The zero-order valence-electron chi connectivity index (χ0n) is 10.7. The van der Waals surface area contributed by atoms with Crippen LogP contribution in [0.1, 0.15) is 12.0 Å². The second kappa shape index (κ2) is 7.38. The van der Waals surface area contributed by atoms with Crippen LogP contribution < -0.4 is 0 Å². The van der Waals surface area contributed by atoms with Crippen LogP contribution in [0.5, 0.6) is 0 Å². The van der Waals surface area contributed by atoms with E-state index in [-0.39, 0.29) is 6.09 Å². The summed E-state index contributed by atoms with van der Waals surface area (Å²) in [5, 5.41) is 0. The minimum atomic E-state index is -0.354. The Bertz CT molecular complexity index is 479. The molecular weight excluding hydrogens is 242 g/mol. The van der Waals surface area contributed by atoms with Gasteiger partial charge in [-0.2, -0.15) is 0 Å². The first-order valence-corrected chi connectivity index (χ1v) is 6.28. The van der Waals surface area contributed by atoms with Crippen LogP contribution in [-0.2, 0) is 16.1 Å². The second-order valence-corrected chi connectivity index (χ2v) is 4.10. The van der Waals surface area contributed by atoms with Gasteiger partial charge in [-0.25, -0.2) is 4.79 Å². The van der Waals surface area contributed by atoms with Gasteiger partial charge in [-0.15, -0.1) is 0 Å². The van der Waals surface area contributed by atoms with E-state index >= 15 is 0 Å². The lowest BCUT2D eigenvalue weighted by Gasteiger charge is -2.06. The molecule has 1 aromatic carbocycles. The first kappa shape index (κ1) is 13.4. The summed E-state index contributed by atoms with van der Waals surface area (Å²) in [5.74, 6) is 0. The van der Waals surface area contributed by atoms with Crippen molar-refractivity contribution in [3.8, 4) is 0 Å². The quantitative estimate of drug-likeness (QED) is 0.748. The van der Waals surface area contributed by atoms with E-state index in [0.29, 0.717) is 26.2 Å². The monoisotopic (exact) mass is 259 g/mol. The Labute approximate surface area is 112 Å². The SMILES string of the molecule is O=C(OCCCOCc1ccccc1)n1cccc1. The summed E-state index contributed by atoms with van der Waals surface area (Å²) in [6.07, 6.45) is 3.66. The Morgan fingerprint density at radius 2 is 1.74 bits per heavy atom. The standard InChI is InChI=1S/C15H17NO3/c17-15(16-9-4-5-10-16)19-12-6-11-18-13-14-7-2-1-3-8-14/h1-5,7-10H,6,11-13H2. The molecule has 0 aliphatic carbocycles. The van der Waals surface area contributed by atoms with Gasteiger partial charge in [-0.05, 0) is 17.7 Å². The van der Waals surface area contributed by atoms with E-state index in [2.05, 4.69) is 0 Å². The lowest BCUT2D eigenvalue weighted by molar-refractivity contribution is 0.0927. The molecule has 0 atom stereocenters. The molecule has 0 bridgehead atoms. The Hall–Kier alpha value is -2.07. The molecule has 0 aliphatic heterocycles. The molecule has 100 valence electrons. The Morgan fingerprint density at radius 3 is 2.47 bits per heavy atom. The predicted octanol–water partition coefficient (Wildman–Crippen LogP) is 3.08. The van der Waals surface area contributed by atoms with E-state index in [0.717, 1.165) is 5.56 Å². The Morgan fingerprint density at radius 1 is 1.00 bits per heavy atom. The zero-order chi connectivity index (χ0) is 13.3. The van der Waals surface area contributed by atoms with Crippen LogP contribution in [-0.4, -0.2) is 23.9 Å². The maximum absolute atomic E-state index is 11.5. The number of carbonyl (C=O) groups is 1. The summed E-state index contributed by atoms with van der Waals surface area (Å²) in [6, 6.07) is 13.5. The average molecular weight is 259 g/mol. The number of hydrogen-bond acceptors (Lipinski definition) is 3. The molecule has 0 N–H and O–H groups in total. The molecule has 0 unspecified atom stereocenters. The van der Waals surface area contributed by atoms with Crippen LogP contribution in [0.25, 0.3) is 0 Å². The molecule has 2 rings (SSSR count). The lowest BCUT2D eigenvalue weighted by atomic mass is 10.2. The minimum absolute atomic E-state index is 0.354. The molecule has 4 heteroatoms. The van der Waals surface area contributed by atoms with Gasteiger partial charge >= 0.3 is 6.09 Å². The second-order valence-electron chi connectivity index (χ2n) is 4.10. The van der Waals surface area contributed by atoms with Gasteiger partial charge in [-0.1, -0.05) is 30.3 Å². The number of hydrogen-bond donors (Lipinski definition) is 0. The summed E-state index contributed by atoms with van der Waals surface area (Å²) < 4.78 is 12.0. The molecule has 0 amide bonds. The number of rotatable bonds is 6. The molecular formula is C15H17NO3. The fourth-order valence-electron chi connectivity index (χ4n) is 1.62. The Kier molecular flexibility index (Phi) is 5.19. The van der Waals surface area contributed by atoms with Crippen molar-refractivity contribution in [2.24, 2.45) is 0 Å². The van der Waals surface area contributed by atoms with Crippen molar-refractivity contribution in [2.45, 2.75) is 13.0 Å². The summed E-state index contributed by atoms with van der Waals surface area (Å²) in [4.78, 5) is 11.5. The zero-order valence-corrected chi connectivity index (χ0v) is 10.7. The van der Waals surface area contributed by atoms with E-state index < -0.39 is 0 Å². The third-order valence-electron chi connectivity index (χ3n) is 2.59. The van der Waals surface area contributed by atoms with E-state index in [1.807, 2.05) is 30.3 Å². The highest BCUT2D eigenvalue weighted by Crippen LogP contribution is 2.01. The van der Waals surface area contributed by atoms with Gasteiger partial charge in [0.25, 0.3) is 0 Å². The molecule has 1 aromatic heterocycles. The summed E-state index contributed by atoms with van der Waals surface area (Å²) >= 11 is 0. The van der Waals surface area contributed by atoms with Crippen LogP contribution in [0.15, 0.2) is 54.9 Å². The van der Waals surface area contributed by atoms with E-state index in [4.69, 9.17) is 9.47 Å². The van der Waals surface area contributed by atoms with Gasteiger partial charge in [0.1, 0.15) is 0 Å². The first-order chi connectivity index (χ1) is 9.36. The number of nitrogens with zero attached hydrogens (tertiary/aromatic N) is 1. The first-order valence-electron chi connectivity index (χ1n) is 6.28. The highest BCUT2D eigenvalue weighted by atomic mass is 16.6. The maximum Gasteiger partial charge on any atom is 0.417 e. The average Bonchev–Trinajstić information content (AvgIpc) is 2.98. The number of aromatic nitrogens is 1. The van der Waals surface area contributed by atoms with E-state index in [1.54, 1.807) is 24.5 Å². The van der Waals surface area contributed by atoms with Gasteiger partial charge < -0.3 is 9.47 Å². The van der Waals surface area contributed by atoms with Crippen LogP contribution in [0.2, 0.25) is 0 Å². The van der Waals surface area contributed by atoms with Gasteiger partial charge in [0.15, 0.2) is 0 Å². The van der Waals surface area contributed by atoms with Crippen molar-refractivity contribution in [1.29, 1.82) is 0 Å². The van der Waals surface area contributed by atoms with Crippen LogP contribution >= 0.6 is 0 Å². The summed E-state index contributed by atoms with van der Waals surface area (Å²) in [6.45, 7) is 1.53. The minimum Gasteiger partial charge on any atom is -0.449 e. The normalized spacial score (nSPS) is 10.3. The molecule has 1 heterocycles. The third kappa shape index (κ3) is 4.60. The molecule has 0 fully saturated rings. The number of benzene rings is 1. The lowest BCUT2D eigenvalue weighted by Crippen LogP contribution is -2.13. The topological polar surface area (TPSA) is 40.5 Å². The van der Waals surface area contributed by atoms with Gasteiger partial charge in [0, 0.05) is 18.8 Å². The third-order valence-corrected chi connectivity index (χ3v) is 2.59. The molecule has 19 heavy (non-hydrogen) atoms. The van der Waals surface area contributed by atoms with Crippen LogP contribution in [0, 0.1) is 0 Å². The molecule has 0 saturated carbocycles. The van der Waals surface area contributed by atoms with Crippen molar-refractivity contribution in [3.63, 3.8) is 0 Å². The van der Waals surface area contributed by atoms with Gasteiger partial charge in [0.05, 0.1) is 19.8 Å². The van der Waals surface area contributed by atoms with Crippen molar-refractivity contribution in [1.82, 2.24) is 4.57 Å². The van der Waals surface area contributed by atoms with Crippen LogP contribution in [0.4, 0.5) is 4.79 Å². The largest absolute Gasteiger partial charge is 0.449 e. The van der Waals surface area contributed by atoms with E-state index in [9.17, 15) is 4.79 Å². The highest BCUT2D eigenvalue weighted by Gasteiger charge is 2.02. The Balaban J connectivity index is 1.54. The van der Waals surface area contributed by atoms with Gasteiger partial charge in [0.2, 0.25) is 0 Å².